The largest absolute Gasteiger partial charge is 0.490 e. The van der Waals surface area contributed by atoms with E-state index in [1.165, 1.54) is 17.7 Å². The van der Waals surface area contributed by atoms with Gasteiger partial charge < -0.3 is 14.3 Å². The number of aryl methyl sites for hydroxylation is 3. The molecule has 136 valence electrons. The zero-order chi connectivity index (χ0) is 18.6. The van der Waals surface area contributed by atoms with Crippen molar-refractivity contribution in [2.24, 2.45) is 0 Å². The monoisotopic (exact) mass is 346 g/mol. The van der Waals surface area contributed by atoms with Crippen LogP contribution in [0.2, 0.25) is 0 Å². The molecule has 0 aliphatic rings. The molecule has 3 nitrogen and oxygen atoms in total. The summed E-state index contributed by atoms with van der Waals surface area (Å²) >= 11 is 0. The second kappa shape index (κ2) is 7.98. The molecule has 1 unspecified atom stereocenters. The Kier molecular flexibility index (Phi) is 6.20. The van der Waals surface area contributed by atoms with Crippen molar-refractivity contribution in [3.05, 3.63) is 64.5 Å². The standard InChI is InChI=1S/C21H29FNO2/c1-15-10-16(2)21(17(3)11-15)25-14-20(24)13-23(4,5)12-18-6-8-19(22)9-7-18/h6-11,20,24H,12-14H2,1-5H3/q+1. The Balaban J connectivity index is 1.92. The summed E-state index contributed by atoms with van der Waals surface area (Å²) in [6.45, 7) is 7.65. The molecule has 1 atom stereocenters. The van der Waals surface area contributed by atoms with Gasteiger partial charge in [0.25, 0.3) is 0 Å². The molecule has 2 aromatic rings. The third-order valence-electron chi connectivity index (χ3n) is 4.25. The van der Waals surface area contributed by atoms with E-state index < -0.39 is 6.10 Å². The third kappa shape index (κ3) is 5.83. The van der Waals surface area contributed by atoms with Crippen molar-refractivity contribution < 1.29 is 18.7 Å². The number of hydrogen-bond acceptors (Lipinski definition) is 2. The molecule has 4 heteroatoms. The van der Waals surface area contributed by atoms with Gasteiger partial charge in [0.2, 0.25) is 0 Å². The number of aliphatic hydroxyl groups is 1. The molecule has 0 heterocycles. The van der Waals surface area contributed by atoms with Crippen LogP contribution in [0, 0.1) is 26.6 Å². The van der Waals surface area contributed by atoms with Crippen LogP contribution < -0.4 is 4.74 Å². The Bertz CT molecular complexity index is 687. The normalized spacial score (nSPS) is 12.9. The first-order chi connectivity index (χ1) is 11.7. The van der Waals surface area contributed by atoms with Crippen molar-refractivity contribution in [1.29, 1.82) is 0 Å². The Hall–Kier alpha value is -1.91. The molecule has 0 saturated heterocycles. The Morgan fingerprint density at radius 1 is 1.04 bits per heavy atom. The van der Waals surface area contributed by atoms with Gasteiger partial charge in [0.05, 0.1) is 14.1 Å². The topological polar surface area (TPSA) is 29.5 Å². The number of quaternary nitrogens is 1. The molecule has 0 bridgehead atoms. The molecule has 0 aliphatic carbocycles. The second-order valence-corrected chi connectivity index (χ2v) is 7.60. The first-order valence-electron chi connectivity index (χ1n) is 8.61. The number of rotatable bonds is 7. The number of nitrogens with zero attached hydrogens (tertiary/aromatic N) is 1. The lowest BCUT2D eigenvalue weighted by molar-refractivity contribution is -0.906. The summed E-state index contributed by atoms with van der Waals surface area (Å²) in [6, 6.07) is 10.7. The van der Waals surface area contributed by atoms with Gasteiger partial charge in [-0.15, -0.1) is 0 Å². The molecule has 0 aliphatic heterocycles. The van der Waals surface area contributed by atoms with Gasteiger partial charge in [0.15, 0.2) is 0 Å². The number of benzene rings is 2. The van der Waals surface area contributed by atoms with E-state index >= 15 is 0 Å². The van der Waals surface area contributed by atoms with Crippen LogP contribution in [0.25, 0.3) is 0 Å². The Morgan fingerprint density at radius 3 is 2.16 bits per heavy atom. The van der Waals surface area contributed by atoms with E-state index in [4.69, 9.17) is 4.74 Å². The number of hydrogen-bond donors (Lipinski definition) is 1. The van der Waals surface area contributed by atoms with Crippen molar-refractivity contribution in [2.45, 2.75) is 33.4 Å². The van der Waals surface area contributed by atoms with Crippen molar-refractivity contribution in [2.75, 3.05) is 27.2 Å². The van der Waals surface area contributed by atoms with Gasteiger partial charge in [-0.25, -0.2) is 4.39 Å². The van der Waals surface area contributed by atoms with E-state index in [2.05, 4.69) is 33.2 Å². The summed E-state index contributed by atoms with van der Waals surface area (Å²) < 4.78 is 19.5. The van der Waals surface area contributed by atoms with Gasteiger partial charge >= 0.3 is 0 Å². The number of halogens is 1. The van der Waals surface area contributed by atoms with Gasteiger partial charge in [-0.3, -0.25) is 0 Å². The Labute approximate surface area is 150 Å². The van der Waals surface area contributed by atoms with E-state index in [0.29, 0.717) is 11.0 Å². The van der Waals surface area contributed by atoms with E-state index in [-0.39, 0.29) is 12.4 Å². The summed E-state index contributed by atoms with van der Waals surface area (Å²) in [4.78, 5) is 0. The minimum Gasteiger partial charge on any atom is -0.490 e. The highest BCUT2D eigenvalue weighted by Gasteiger charge is 2.22. The van der Waals surface area contributed by atoms with E-state index in [0.717, 1.165) is 29.0 Å². The van der Waals surface area contributed by atoms with Crippen LogP contribution in [0.15, 0.2) is 36.4 Å². The molecule has 1 N–H and O–H groups in total. The average Bonchev–Trinajstić information content (AvgIpc) is 2.47. The lowest BCUT2D eigenvalue weighted by Crippen LogP contribution is -2.46. The summed E-state index contributed by atoms with van der Waals surface area (Å²) in [5, 5.41) is 10.4. The smallest absolute Gasteiger partial charge is 0.137 e. The minimum atomic E-state index is -0.574. The van der Waals surface area contributed by atoms with Crippen molar-refractivity contribution in [3.63, 3.8) is 0 Å². The predicted octanol–water partition coefficient (Wildman–Crippen LogP) is 3.77. The summed E-state index contributed by atoms with van der Waals surface area (Å²) in [5.74, 6) is 0.625. The summed E-state index contributed by atoms with van der Waals surface area (Å²) in [7, 11) is 4.10. The van der Waals surface area contributed by atoms with Crippen LogP contribution in [0.1, 0.15) is 22.3 Å². The molecule has 0 fully saturated rings. The SMILES string of the molecule is Cc1cc(C)c(OCC(O)C[N+](C)(C)Cc2ccc(F)cc2)c(C)c1. The second-order valence-electron chi connectivity index (χ2n) is 7.60. The highest BCUT2D eigenvalue weighted by atomic mass is 19.1. The molecule has 0 aromatic heterocycles. The fourth-order valence-electron chi connectivity index (χ4n) is 3.35. The lowest BCUT2D eigenvalue weighted by Gasteiger charge is -2.32. The maximum atomic E-state index is 13.0. The van der Waals surface area contributed by atoms with Gasteiger partial charge in [-0.05, 0) is 44.0 Å². The van der Waals surface area contributed by atoms with Gasteiger partial charge in [-0.1, -0.05) is 29.8 Å². The fourth-order valence-corrected chi connectivity index (χ4v) is 3.35. The fraction of sp³-hybridized carbons (Fsp3) is 0.429. The van der Waals surface area contributed by atoms with Gasteiger partial charge in [0, 0.05) is 5.56 Å². The van der Waals surface area contributed by atoms with Crippen molar-refractivity contribution in [1.82, 2.24) is 0 Å². The lowest BCUT2D eigenvalue weighted by atomic mass is 10.1. The van der Waals surface area contributed by atoms with Crippen LogP contribution in [-0.2, 0) is 6.54 Å². The molecular weight excluding hydrogens is 317 g/mol. The molecule has 0 spiro atoms. The maximum Gasteiger partial charge on any atom is 0.137 e. The molecule has 0 saturated carbocycles. The van der Waals surface area contributed by atoms with Crippen LogP contribution in [0.4, 0.5) is 4.39 Å². The summed E-state index contributed by atoms with van der Waals surface area (Å²) in [5.41, 5.74) is 4.43. The first kappa shape index (κ1) is 19.4. The molecule has 2 rings (SSSR count). The van der Waals surface area contributed by atoms with Crippen LogP contribution in [0.3, 0.4) is 0 Å². The van der Waals surface area contributed by atoms with E-state index in [1.807, 2.05) is 13.8 Å². The van der Waals surface area contributed by atoms with Gasteiger partial charge in [-0.2, -0.15) is 0 Å². The zero-order valence-corrected chi connectivity index (χ0v) is 15.8. The number of likely N-dealkylation sites (N-methyl/N-ethyl adjacent to an activating group) is 1. The third-order valence-corrected chi connectivity index (χ3v) is 4.25. The highest BCUT2D eigenvalue weighted by Crippen LogP contribution is 2.24. The number of aliphatic hydroxyl groups excluding tert-OH is 1. The summed E-state index contributed by atoms with van der Waals surface area (Å²) in [6.07, 6.45) is -0.574. The number of ether oxygens (including phenoxy) is 1. The molecule has 0 amide bonds. The van der Waals surface area contributed by atoms with Crippen LogP contribution in [-0.4, -0.2) is 42.9 Å². The van der Waals surface area contributed by atoms with Crippen LogP contribution in [0.5, 0.6) is 5.75 Å². The molecular formula is C21H29FNO2+. The average molecular weight is 346 g/mol. The van der Waals surface area contributed by atoms with Crippen LogP contribution >= 0.6 is 0 Å². The quantitative estimate of drug-likeness (QED) is 0.774. The highest BCUT2D eigenvalue weighted by molar-refractivity contribution is 5.42. The van der Waals surface area contributed by atoms with Gasteiger partial charge in [0.1, 0.15) is 37.4 Å². The minimum absolute atomic E-state index is 0.230. The van der Waals surface area contributed by atoms with Crippen molar-refractivity contribution in [3.8, 4) is 5.75 Å². The molecule has 0 radical (unpaired) electrons. The van der Waals surface area contributed by atoms with E-state index in [9.17, 15) is 9.50 Å². The van der Waals surface area contributed by atoms with Crippen molar-refractivity contribution >= 4 is 0 Å². The zero-order valence-electron chi connectivity index (χ0n) is 15.8. The van der Waals surface area contributed by atoms with E-state index in [1.54, 1.807) is 12.1 Å². The maximum absolute atomic E-state index is 13.0. The molecule has 25 heavy (non-hydrogen) atoms. The predicted molar refractivity (Wildman–Crippen MR) is 99.2 cm³/mol. The Morgan fingerprint density at radius 2 is 1.60 bits per heavy atom. The first-order valence-corrected chi connectivity index (χ1v) is 8.61. The molecule has 2 aromatic carbocycles.